The summed E-state index contributed by atoms with van der Waals surface area (Å²) < 4.78 is 5.71. The van der Waals surface area contributed by atoms with E-state index in [1.54, 1.807) is 11.3 Å². The topological polar surface area (TPSA) is 51.2 Å². The van der Waals surface area contributed by atoms with Crippen LogP contribution in [-0.4, -0.2) is 17.0 Å². The number of nitrogens with one attached hydrogen (secondary N) is 1. The van der Waals surface area contributed by atoms with Gasteiger partial charge in [-0.05, 0) is 31.9 Å². The predicted octanol–water partition coefficient (Wildman–Crippen LogP) is 4.63. The molecule has 0 fully saturated rings. The minimum absolute atomic E-state index is 0.0221. The fourth-order valence-corrected chi connectivity index (χ4v) is 3.02. The maximum Gasteiger partial charge on any atom is 0.224 e. The fourth-order valence-electron chi connectivity index (χ4n) is 2.06. The second kappa shape index (κ2) is 8.11. The molecule has 23 heavy (non-hydrogen) atoms. The Kier molecular flexibility index (Phi) is 6.16. The van der Waals surface area contributed by atoms with Crippen LogP contribution in [0, 0.1) is 0 Å². The van der Waals surface area contributed by atoms with E-state index in [2.05, 4.69) is 29.5 Å². The van der Waals surface area contributed by atoms with E-state index in [1.165, 1.54) is 0 Å². The van der Waals surface area contributed by atoms with Gasteiger partial charge < -0.3 is 10.1 Å². The molecule has 0 spiro atoms. The number of para-hydroxylation sites is 2. The molecule has 124 valence electrons. The summed E-state index contributed by atoms with van der Waals surface area (Å²) >= 11 is 1.62. The van der Waals surface area contributed by atoms with Gasteiger partial charge in [-0.3, -0.25) is 4.79 Å². The molecule has 1 aromatic carbocycles. The maximum absolute atomic E-state index is 12.2. The number of carbonyl (C=O) groups excluding carboxylic acids is 1. The molecule has 0 aliphatic carbocycles. The molecule has 1 N–H and O–H groups in total. The van der Waals surface area contributed by atoms with Crippen LogP contribution in [0.3, 0.4) is 0 Å². The standard InChI is InChI=1S/C18H24N2O2S/c1-12(2)15-11-23-18(20-15)10-9-17(21)19-14-7-5-6-8-16(14)22-13(3)4/h5-8,11-13H,9-10H2,1-4H3,(H,19,21). The van der Waals surface area contributed by atoms with Gasteiger partial charge in [0.05, 0.1) is 22.5 Å². The van der Waals surface area contributed by atoms with Gasteiger partial charge in [-0.25, -0.2) is 4.98 Å². The molecule has 1 amide bonds. The molecule has 0 aliphatic rings. The number of carbonyl (C=O) groups is 1. The Balaban J connectivity index is 1.92. The van der Waals surface area contributed by atoms with E-state index in [1.807, 2.05) is 38.1 Å². The van der Waals surface area contributed by atoms with Crippen LogP contribution in [0.25, 0.3) is 0 Å². The van der Waals surface area contributed by atoms with Gasteiger partial charge in [0.25, 0.3) is 0 Å². The van der Waals surface area contributed by atoms with Crippen molar-refractivity contribution in [2.45, 2.75) is 52.6 Å². The second-order valence-electron chi connectivity index (χ2n) is 6.03. The third-order valence-corrected chi connectivity index (χ3v) is 4.18. The van der Waals surface area contributed by atoms with Gasteiger partial charge in [-0.2, -0.15) is 0 Å². The van der Waals surface area contributed by atoms with Crippen LogP contribution in [-0.2, 0) is 11.2 Å². The average molecular weight is 332 g/mol. The van der Waals surface area contributed by atoms with Gasteiger partial charge in [-0.15, -0.1) is 11.3 Å². The molecule has 0 saturated heterocycles. The van der Waals surface area contributed by atoms with Crippen molar-refractivity contribution < 1.29 is 9.53 Å². The summed E-state index contributed by atoms with van der Waals surface area (Å²) in [5.74, 6) is 1.10. The van der Waals surface area contributed by atoms with Crippen molar-refractivity contribution in [1.29, 1.82) is 0 Å². The number of hydrogen-bond acceptors (Lipinski definition) is 4. The Bertz CT molecular complexity index is 650. The monoisotopic (exact) mass is 332 g/mol. The van der Waals surface area contributed by atoms with E-state index >= 15 is 0 Å². The summed E-state index contributed by atoms with van der Waals surface area (Å²) in [6, 6.07) is 7.51. The molecule has 0 unspecified atom stereocenters. The summed E-state index contributed by atoms with van der Waals surface area (Å²) in [5, 5.41) is 6.01. The van der Waals surface area contributed by atoms with Crippen LogP contribution < -0.4 is 10.1 Å². The summed E-state index contributed by atoms with van der Waals surface area (Å²) in [6.45, 7) is 8.18. The largest absolute Gasteiger partial charge is 0.489 e. The van der Waals surface area contributed by atoms with Gasteiger partial charge in [0, 0.05) is 18.2 Å². The average Bonchev–Trinajstić information content (AvgIpc) is 2.96. The molecule has 0 atom stereocenters. The zero-order chi connectivity index (χ0) is 16.8. The zero-order valence-electron chi connectivity index (χ0n) is 14.1. The lowest BCUT2D eigenvalue weighted by atomic mass is 10.2. The first-order valence-corrected chi connectivity index (χ1v) is 8.83. The number of thiazole rings is 1. The molecule has 5 heteroatoms. The number of benzene rings is 1. The number of anilines is 1. The minimum Gasteiger partial charge on any atom is -0.489 e. The molecule has 0 bridgehead atoms. The van der Waals surface area contributed by atoms with Crippen molar-refractivity contribution in [3.8, 4) is 5.75 Å². The SMILES string of the molecule is CC(C)Oc1ccccc1NC(=O)CCc1nc(C(C)C)cs1. The lowest BCUT2D eigenvalue weighted by Crippen LogP contribution is -2.14. The Morgan fingerprint density at radius 2 is 2.00 bits per heavy atom. The van der Waals surface area contributed by atoms with Gasteiger partial charge in [0.15, 0.2) is 0 Å². The molecule has 2 rings (SSSR count). The molecule has 2 aromatic rings. The quantitative estimate of drug-likeness (QED) is 0.804. The number of hydrogen-bond donors (Lipinski definition) is 1. The van der Waals surface area contributed by atoms with E-state index < -0.39 is 0 Å². The normalized spacial score (nSPS) is 11.0. The highest BCUT2D eigenvalue weighted by Gasteiger charge is 2.11. The highest BCUT2D eigenvalue weighted by Crippen LogP contribution is 2.25. The molecular weight excluding hydrogens is 308 g/mol. The number of rotatable bonds is 7. The van der Waals surface area contributed by atoms with Crippen molar-refractivity contribution >= 4 is 22.9 Å². The van der Waals surface area contributed by atoms with E-state index in [4.69, 9.17) is 4.74 Å². The predicted molar refractivity (Wildman–Crippen MR) is 95.4 cm³/mol. The number of aryl methyl sites for hydroxylation is 1. The van der Waals surface area contributed by atoms with Crippen LogP contribution in [0.5, 0.6) is 5.75 Å². The van der Waals surface area contributed by atoms with Gasteiger partial charge in [0.2, 0.25) is 5.91 Å². The van der Waals surface area contributed by atoms with Crippen molar-refractivity contribution in [2.75, 3.05) is 5.32 Å². The third-order valence-electron chi connectivity index (χ3n) is 3.25. The molecular formula is C18H24N2O2S. The Morgan fingerprint density at radius 1 is 1.26 bits per heavy atom. The fraction of sp³-hybridized carbons (Fsp3) is 0.444. The second-order valence-corrected chi connectivity index (χ2v) is 6.97. The van der Waals surface area contributed by atoms with Crippen molar-refractivity contribution in [1.82, 2.24) is 4.98 Å². The van der Waals surface area contributed by atoms with E-state index in [-0.39, 0.29) is 12.0 Å². The highest BCUT2D eigenvalue weighted by molar-refractivity contribution is 7.09. The van der Waals surface area contributed by atoms with E-state index in [9.17, 15) is 4.79 Å². The smallest absolute Gasteiger partial charge is 0.224 e. The third kappa shape index (κ3) is 5.36. The van der Waals surface area contributed by atoms with Crippen molar-refractivity contribution in [2.24, 2.45) is 0 Å². The van der Waals surface area contributed by atoms with E-state index in [0.29, 0.717) is 30.2 Å². The molecule has 4 nitrogen and oxygen atoms in total. The Labute approximate surface area is 141 Å². The highest BCUT2D eigenvalue weighted by atomic mass is 32.1. The van der Waals surface area contributed by atoms with Crippen LogP contribution >= 0.6 is 11.3 Å². The molecule has 1 heterocycles. The summed E-state index contributed by atoms with van der Waals surface area (Å²) in [7, 11) is 0. The molecule has 1 aromatic heterocycles. The van der Waals surface area contributed by atoms with Crippen molar-refractivity contribution in [3.05, 3.63) is 40.3 Å². The van der Waals surface area contributed by atoms with Crippen molar-refractivity contribution in [3.63, 3.8) is 0 Å². The molecule has 0 radical (unpaired) electrons. The van der Waals surface area contributed by atoms with Crippen LogP contribution in [0.4, 0.5) is 5.69 Å². The Hall–Kier alpha value is -1.88. The summed E-state index contributed by atoms with van der Waals surface area (Å²) in [4.78, 5) is 16.7. The summed E-state index contributed by atoms with van der Waals surface area (Å²) in [5.41, 5.74) is 1.81. The van der Waals surface area contributed by atoms with E-state index in [0.717, 1.165) is 10.7 Å². The van der Waals surface area contributed by atoms with Crippen LogP contribution in [0.15, 0.2) is 29.6 Å². The first-order chi connectivity index (χ1) is 11.0. The van der Waals surface area contributed by atoms with Crippen LogP contribution in [0.2, 0.25) is 0 Å². The molecule has 0 saturated carbocycles. The maximum atomic E-state index is 12.2. The Morgan fingerprint density at radius 3 is 2.65 bits per heavy atom. The minimum atomic E-state index is -0.0221. The number of aromatic nitrogens is 1. The number of nitrogens with zero attached hydrogens (tertiary/aromatic N) is 1. The first kappa shape index (κ1) is 17.5. The zero-order valence-corrected chi connectivity index (χ0v) is 14.9. The molecule has 0 aliphatic heterocycles. The first-order valence-electron chi connectivity index (χ1n) is 7.95. The summed E-state index contributed by atoms with van der Waals surface area (Å²) in [6.07, 6.45) is 1.15. The number of amides is 1. The van der Waals surface area contributed by atoms with Gasteiger partial charge in [0.1, 0.15) is 5.75 Å². The number of ether oxygens (including phenoxy) is 1. The lowest BCUT2D eigenvalue weighted by molar-refractivity contribution is -0.116. The van der Waals surface area contributed by atoms with Gasteiger partial charge in [-0.1, -0.05) is 26.0 Å². The van der Waals surface area contributed by atoms with Crippen LogP contribution in [0.1, 0.15) is 50.7 Å². The lowest BCUT2D eigenvalue weighted by Gasteiger charge is -2.14. The van der Waals surface area contributed by atoms with Gasteiger partial charge >= 0.3 is 0 Å².